The van der Waals surface area contributed by atoms with Crippen LogP contribution in [0.1, 0.15) is 21.5 Å². The predicted octanol–water partition coefficient (Wildman–Crippen LogP) is 4.21. The third kappa shape index (κ3) is 5.17. The Morgan fingerprint density at radius 1 is 1.13 bits per heavy atom. The lowest BCUT2D eigenvalue weighted by molar-refractivity contribution is -0.123. The molecule has 1 aromatic heterocycles. The molecule has 0 saturated carbocycles. The average Bonchev–Trinajstić information content (AvgIpc) is 3.06. The molecule has 1 fully saturated rings. The molecule has 6 nitrogen and oxygen atoms in total. The van der Waals surface area contributed by atoms with Crippen molar-refractivity contribution in [3.05, 3.63) is 101 Å². The minimum atomic E-state index is -0.457. The van der Waals surface area contributed by atoms with E-state index in [1.807, 2.05) is 54.6 Å². The maximum absolute atomic E-state index is 12.8. The van der Waals surface area contributed by atoms with Gasteiger partial charge in [-0.3, -0.25) is 20.0 Å². The van der Waals surface area contributed by atoms with E-state index in [1.165, 1.54) is 6.20 Å². The van der Waals surface area contributed by atoms with E-state index in [4.69, 9.17) is 17.0 Å². The largest absolute Gasteiger partial charge is 0.489 e. The molecule has 1 aliphatic heterocycles. The molecule has 0 aliphatic carbocycles. The molecule has 1 saturated heterocycles. The number of carbonyl (C=O) groups excluding carboxylic acids is 2. The molecule has 2 amide bonds. The lowest BCUT2D eigenvalue weighted by Gasteiger charge is -2.15. The second-order valence-electron chi connectivity index (χ2n) is 6.55. The third-order valence-electron chi connectivity index (χ3n) is 4.33. The summed E-state index contributed by atoms with van der Waals surface area (Å²) in [6, 6.07) is 20.6. The van der Waals surface area contributed by atoms with Crippen LogP contribution < -0.4 is 10.2 Å². The van der Waals surface area contributed by atoms with Gasteiger partial charge in [0.05, 0.1) is 10.5 Å². The van der Waals surface area contributed by atoms with Crippen molar-refractivity contribution >= 4 is 46.2 Å². The van der Waals surface area contributed by atoms with Crippen molar-refractivity contribution in [2.24, 2.45) is 0 Å². The van der Waals surface area contributed by atoms with Gasteiger partial charge in [-0.05, 0) is 53.7 Å². The summed E-state index contributed by atoms with van der Waals surface area (Å²) in [7, 11) is 0. The summed E-state index contributed by atoms with van der Waals surface area (Å²) in [5.41, 5.74) is 4.74. The highest BCUT2D eigenvalue weighted by Crippen LogP contribution is 2.32. The Balaban J connectivity index is 1.44. The van der Waals surface area contributed by atoms with Crippen LogP contribution in [0, 0.1) is 0 Å². The van der Waals surface area contributed by atoms with Crippen molar-refractivity contribution in [1.29, 1.82) is 0 Å². The van der Waals surface area contributed by atoms with Gasteiger partial charge in [-0.15, -0.1) is 0 Å². The molecule has 0 atom stereocenters. The second-order valence-corrected chi connectivity index (χ2v) is 8.22. The quantitative estimate of drug-likeness (QED) is 0.451. The first kappa shape index (κ1) is 20.8. The molecular weight excluding hydrogens is 430 g/mol. The van der Waals surface area contributed by atoms with Gasteiger partial charge >= 0.3 is 0 Å². The first-order chi connectivity index (χ1) is 15.1. The summed E-state index contributed by atoms with van der Waals surface area (Å²) in [5.74, 6) is -0.150. The Hall–Kier alpha value is -3.49. The molecule has 154 valence electrons. The van der Waals surface area contributed by atoms with Gasteiger partial charge in [0.15, 0.2) is 4.32 Å². The first-order valence-electron chi connectivity index (χ1n) is 9.36. The van der Waals surface area contributed by atoms with Gasteiger partial charge in [0.2, 0.25) is 0 Å². The van der Waals surface area contributed by atoms with Crippen molar-refractivity contribution in [2.45, 2.75) is 6.61 Å². The zero-order chi connectivity index (χ0) is 21.6. The van der Waals surface area contributed by atoms with E-state index in [1.54, 1.807) is 24.4 Å². The Morgan fingerprint density at radius 2 is 1.97 bits per heavy atom. The number of hydrazine groups is 1. The van der Waals surface area contributed by atoms with Crippen LogP contribution in [0.15, 0.2) is 84.0 Å². The number of benzene rings is 2. The van der Waals surface area contributed by atoms with Crippen LogP contribution in [0.4, 0.5) is 0 Å². The van der Waals surface area contributed by atoms with Gasteiger partial charge in [0.25, 0.3) is 11.8 Å². The minimum Gasteiger partial charge on any atom is -0.489 e. The van der Waals surface area contributed by atoms with Gasteiger partial charge in [-0.25, -0.2) is 0 Å². The molecule has 2 aromatic carbocycles. The molecule has 1 N–H and O–H groups in total. The van der Waals surface area contributed by atoms with Crippen LogP contribution in [0.3, 0.4) is 0 Å². The summed E-state index contributed by atoms with van der Waals surface area (Å²) in [5, 5.41) is 1.08. The van der Waals surface area contributed by atoms with E-state index < -0.39 is 5.91 Å². The Kier molecular flexibility index (Phi) is 6.40. The zero-order valence-electron chi connectivity index (χ0n) is 16.2. The van der Waals surface area contributed by atoms with Crippen LogP contribution in [0.5, 0.6) is 5.75 Å². The zero-order valence-corrected chi connectivity index (χ0v) is 17.9. The number of nitrogens with zero attached hydrogens (tertiary/aromatic N) is 2. The van der Waals surface area contributed by atoms with Crippen LogP contribution in [-0.4, -0.2) is 26.1 Å². The number of pyridine rings is 1. The number of carbonyl (C=O) groups is 2. The van der Waals surface area contributed by atoms with E-state index in [0.717, 1.165) is 27.9 Å². The number of hydrogen-bond acceptors (Lipinski definition) is 6. The fraction of sp³-hybridized carbons (Fsp3) is 0.0435. The van der Waals surface area contributed by atoms with Gasteiger partial charge in [-0.1, -0.05) is 54.2 Å². The fourth-order valence-electron chi connectivity index (χ4n) is 2.81. The van der Waals surface area contributed by atoms with Crippen LogP contribution in [0.2, 0.25) is 0 Å². The summed E-state index contributed by atoms with van der Waals surface area (Å²) < 4.78 is 6.10. The number of aromatic nitrogens is 1. The lowest BCUT2D eigenvalue weighted by atomic mass is 10.2. The number of thiocarbonyl (C=S) groups is 1. The molecule has 1 aliphatic rings. The number of hydrogen-bond donors (Lipinski definition) is 1. The predicted molar refractivity (Wildman–Crippen MR) is 124 cm³/mol. The van der Waals surface area contributed by atoms with Crippen molar-refractivity contribution in [2.75, 3.05) is 0 Å². The molecule has 0 spiro atoms. The number of amides is 2. The van der Waals surface area contributed by atoms with Gasteiger partial charge in [0, 0.05) is 12.4 Å². The van der Waals surface area contributed by atoms with Gasteiger partial charge in [0.1, 0.15) is 12.4 Å². The molecule has 3 aromatic rings. The Labute approximate surface area is 188 Å². The molecule has 2 heterocycles. The standard InChI is InChI=1S/C23H17N3O3S2/c27-21(18-9-5-11-24-14-18)25-26-22(28)20(31-23(26)30)13-17-8-4-10-19(12-17)29-15-16-6-2-1-3-7-16/h1-14H,15H2,(H,25,27)/b20-13-. The van der Waals surface area contributed by atoms with E-state index in [0.29, 0.717) is 22.8 Å². The van der Waals surface area contributed by atoms with E-state index in [2.05, 4.69) is 10.4 Å². The Bertz CT molecular complexity index is 1150. The summed E-state index contributed by atoms with van der Waals surface area (Å²) in [4.78, 5) is 29.4. The van der Waals surface area contributed by atoms with Crippen molar-refractivity contribution in [1.82, 2.24) is 15.4 Å². The highest BCUT2D eigenvalue weighted by molar-refractivity contribution is 8.26. The van der Waals surface area contributed by atoms with Gasteiger partial charge < -0.3 is 4.74 Å². The highest BCUT2D eigenvalue weighted by Gasteiger charge is 2.33. The molecule has 8 heteroatoms. The summed E-state index contributed by atoms with van der Waals surface area (Å²) >= 11 is 6.40. The van der Waals surface area contributed by atoms with Crippen molar-refractivity contribution in [3.63, 3.8) is 0 Å². The topological polar surface area (TPSA) is 71.5 Å². The minimum absolute atomic E-state index is 0.255. The van der Waals surface area contributed by atoms with Crippen molar-refractivity contribution in [3.8, 4) is 5.75 Å². The number of nitrogens with one attached hydrogen (secondary N) is 1. The van der Waals surface area contributed by atoms with E-state index in [9.17, 15) is 9.59 Å². The lowest BCUT2D eigenvalue weighted by Crippen LogP contribution is -2.44. The van der Waals surface area contributed by atoms with E-state index in [-0.39, 0.29) is 10.2 Å². The second kappa shape index (κ2) is 9.55. The monoisotopic (exact) mass is 447 g/mol. The van der Waals surface area contributed by atoms with Crippen molar-refractivity contribution < 1.29 is 14.3 Å². The van der Waals surface area contributed by atoms with Crippen LogP contribution in [-0.2, 0) is 11.4 Å². The van der Waals surface area contributed by atoms with Gasteiger partial charge in [-0.2, -0.15) is 5.01 Å². The Morgan fingerprint density at radius 3 is 2.74 bits per heavy atom. The number of ether oxygens (including phenoxy) is 1. The molecular formula is C23H17N3O3S2. The highest BCUT2D eigenvalue weighted by atomic mass is 32.2. The SMILES string of the molecule is O=C(NN1C(=O)/C(=C/c2cccc(OCc3ccccc3)c2)SC1=S)c1cccnc1. The normalized spacial score (nSPS) is 14.7. The molecule has 4 rings (SSSR count). The first-order valence-corrected chi connectivity index (χ1v) is 10.6. The number of thioether (sulfide) groups is 1. The van der Waals surface area contributed by atoms with Crippen LogP contribution >= 0.6 is 24.0 Å². The molecule has 0 radical (unpaired) electrons. The summed E-state index contributed by atoms with van der Waals surface area (Å²) in [6.45, 7) is 0.451. The fourth-order valence-corrected chi connectivity index (χ4v) is 3.99. The summed E-state index contributed by atoms with van der Waals surface area (Å²) in [6.07, 6.45) is 4.71. The number of rotatable bonds is 6. The molecule has 31 heavy (non-hydrogen) atoms. The van der Waals surface area contributed by atoms with E-state index >= 15 is 0 Å². The molecule has 0 unspecified atom stereocenters. The smallest absolute Gasteiger partial charge is 0.285 e. The maximum Gasteiger partial charge on any atom is 0.285 e. The third-order valence-corrected chi connectivity index (χ3v) is 5.64. The maximum atomic E-state index is 12.8. The molecule has 0 bridgehead atoms. The van der Waals surface area contributed by atoms with Crippen LogP contribution in [0.25, 0.3) is 6.08 Å². The average molecular weight is 448 g/mol.